The van der Waals surface area contributed by atoms with Crippen LogP contribution in [0.2, 0.25) is 0 Å². The summed E-state index contributed by atoms with van der Waals surface area (Å²) < 4.78 is 11.7. The summed E-state index contributed by atoms with van der Waals surface area (Å²) in [5.41, 5.74) is 0. The van der Waals surface area contributed by atoms with E-state index in [1.165, 1.54) is 12.8 Å². The molecule has 0 saturated heterocycles. The highest BCUT2D eigenvalue weighted by Crippen LogP contribution is 2.29. The fourth-order valence-corrected chi connectivity index (χ4v) is 1.73. The molecule has 0 saturated carbocycles. The predicted molar refractivity (Wildman–Crippen MR) is 65.7 cm³/mol. The van der Waals surface area contributed by atoms with E-state index in [1.807, 2.05) is 18.2 Å². The molecule has 0 aliphatic carbocycles. The lowest BCUT2D eigenvalue weighted by molar-refractivity contribution is 0.303. The zero-order chi connectivity index (χ0) is 11.1. The molecule has 15 heavy (non-hydrogen) atoms. The molecule has 0 heterocycles. The number of halogens is 1. The van der Waals surface area contributed by atoms with E-state index in [1.54, 1.807) is 7.11 Å². The van der Waals surface area contributed by atoms with Gasteiger partial charge in [0.1, 0.15) is 11.5 Å². The van der Waals surface area contributed by atoms with Crippen LogP contribution in [0.4, 0.5) is 0 Å². The summed E-state index contributed by atoms with van der Waals surface area (Å²) in [5, 5.41) is 0. The fourth-order valence-electron chi connectivity index (χ4n) is 1.26. The molecule has 2 nitrogen and oxygen atoms in total. The van der Waals surface area contributed by atoms with Gasteiger partial charge in [-0.25, -0.2) is 0 Å². The SMILES string of the molecule is CCCCCOc1ccc(OC)cc1Br. The molecule has 1 rings (SSSR count). The lowest BCUT2D eigenvalue weighted by Crippen LogP contribution is -1.97. The van der Waals surface area contributed by atoms with E-state index >= 15 is 0 Å². The molecule has 0 radical (unpaired) electrons. The maximum atomic E-state index is 5.64. The van der Waals surface area contributed by atoms with Crippen molar-refractivity contribution in [2.75, 3.05) is 13.7 Å². The maximum Gasteiger partial charge on any atom is 0.133 e. The number of hydrogen-bond acceptors (Lipinski definition) is 2. The molecule has 0 bridgehead atoms. The third kappa shape index (κ3) is 4.12. The zero-order valence-electron chi connectivity index (χ0n) is 9.25. The number of methoxy groups -OCH3 is 1. The Morgan fingerprint density at radius 2 is 2.07 bits per heavy atom. The summed E-state index contributed by atoms with van der Waals surface area (Å²) in [6, 6.07) is 5.74. The van der Waals surface area contributed by atoms with Gasteiger partial charge in [0, 0.05) is 0 Å². The van der Waals surface area contributed by atoms with Gasteiger partial charge in [-0.2, -0.15) is 0 Å². The molecule has 84 valence electrons. The Morgan fingerprint density at radius 1 is 1.27 bits per heavy atom. The zero-order valence-corrected chi connectivity index (χ0v) is 10.8. The topological polar surface area (TPSA) is 18.5 Å². The van der Waals surface area contributed by atoms with E-state index in [-0.39, 0.29) is 0 Å². The highest BCUT2D eigenvalue weighted by atomic mass is 79.9. The van der Waals surface area contributed by atoms with E-state index < -0.39 is 0 Å². The van der Waals surface area contributed by atoms with E-state index in [0.717, 1.165) is 29.0 Å². The van der Waals surface area contributed by atoms with Crippen molar-refractivity contribution >= 4 is 15.9 Å². The fraction of sp³-hybridized carbons (Fsp3) is 0.500. The van der Waals surface area contributed by atoms with Crippen LogP contribution in [0.15, 0.2) is 22.7 Å². The molecule has 0 amide bonds. The van der Waals surface area contributed by atoms with Crippen LogP contribution in [0.1, 0.15) is 26.2 Å². The molecule has 0 aliphatic heterocycles. The Balaban J connectivity index is 2.47. The minimum Gasteiger partial charge on any atom is -0.497 e. The smallest absolute Gasteiger partial charge is 0.133 e. The Morgan fingerprint density at radius 3 is 2.67 bits per heavy atom. The predicted octanol–water partition coefficient (Wildman–Crippen LogP) is 4.03. The molecule has 1 aromatic rings. The number of hydrogen-bond donors (Lipinski definition) is 0. The summed E-state index contributed by atoms with van der Waals surface area (Å²) in [6.07, 6.45) is 3.54. The van der Waals surface area contributed by atoms with Crippen LogP contribution >= 0.6 is 15.9 Å². The second kappa shape index (κ2) is 6.72. The van der Waals surface area contributed by atoms with Crippen molar-refractivity contribution in [2.45, 2.75) is 26.2 Å². The Bertz CT molecular complexity index is 300. The quantitative estimate of drug-likeness (QED) is 0.728. The number of unbranched alkanes of at least 4 members (excludes halogenated alkanes) is 2. The molecular weight excluding hydrogens is 256 g/mol. The van der Waals surface area contributed by atoms with E-state index in [9.17, 15) is 0 Å². The highest BCUT2D eigenvalue weighted by Gasteiger charge is 2.02. The average molecular weight is 273 g/mol. The Hall–Kier alpha value is -0.700. The van der Waals surface area contributed by atoms with E-state index in [4.69, 9.17) is 9.47 Å². The number of rotatable bonds is 6. The average Bonchev–Trinajstić information content (AvgIpc) is 2.26. The van der Waals surface area contributed by atoms with Gasteiger partial charge >= 0.3 is 0 Å². The summed E-state index contributed by atoms with van der Waals surface area (Å²) in [7, 11) is 1.66. The van der Waals surface area contributed by atoms with Crippen LogP contribution in [0.3, 0.4) is 0 Å². The van der Waals surface area contributed by atoms with Crippen LogP contribution < -0.4 is 9.47 Å². The van der Waals surface area contributed by atoms with Crippen LogP contribution in [-0.4, -0.2) is 13.7 Å². The second-order valence-electron chi connectivity index (χ2n) is 3.35. The lowest BCUT2D eigenvalue weighted by atomic mass is 10.3. The third-order valence-corrected chi connectivity index (χ3v) is 2.76. The molecule has 0 unspecified atom stereocenters. The minimum atomic E-state index is 0.777. The van der Waals surface area contributed by atoms with Crippen LogP contribution in [-0.2, 0) is 0 Å². The molecule has 0 fully saturated rings. The van der Waals surface area contributed by atoms with Gasteiger partial charge in [0.25, 0.3) is 0 Å². The first kappa shape index (κ1) is 12.4. The first-order valence-corrected chi connectivity index (χ1v) is 6.03. The molecular formula is C12H17BrO2. The largest absolute Gasteiger partial charge is 0.497 e. The summed E-state index contributed by atoms with van der Waals surface area (Å²) >= 11 is 3.45. The minimum absolute atomic E-state index is 0.777. The van der Waals surface area contributed by atoms with Gasteiger partial charge in [0.15, 0.2) is 0 Å². The summed E-state index contributed by atoms with van der Waals surface area (Å²) in [4.78, 5) is 0. The standard InChI is InChI=1S/C12H17BrO2/c1-3-4-5-8-15-12-7-6-10(14-2)9-11(12)13/h6-7,9H,3-5,8H2,1-2H3. The Labute approximate surface area is 99.7 Å². The van der Waals surface area contributed by atoms with Gasteiger partial charge in [0.2, 0.25) is 0 Å². The van der Waals surface area contributed by atoms with Crippen molar-refractivity contribution in [2.24, 2.45) is 0 Å². The van der Waals surface area contributed by atoms with Gasteiger partial charge < -0.3 is 9.47 Å². The first-order valence-electron chi connectivity index (χ1n) is 5.24. The van der Waals surface area contributed by atoms with Gasteiger partial charge in [-0.15, -0.1) is 0 Å². The number of ether oxygens (including phenoxy) is 2. The normalized spacial score (nSPS) is 10.1. The van der Waals surface area contributed by atoms with Crippen molar-refractivity contribution in [3.05, 3.63) is 22.7 Å². The molecule has 0 spiro atoms. The van der Waals surface area contributed by atoms with E-state index in [2.05, 4.69) is 22.9 Å². The van der Waals surface area contributed by atoms with Gasteiger partial charge in [-0.3, -0.25) is 0 Å². The van der Waals surface area contributed by atoms with Crippen molar-refractivity contribution in [3.8, 4) is 11.5 Å². The highest BCUT2D eigenvalue weighted by molar-refractivity contribution is 9.10. The van der Waals surface area contributed by atoms with Crippen molar-refractivity contribution in [1.82, 2.24) is 0 Å². The van der Waals surface area contributed by atoms with Crippen LogP contribution in [0.5, 0.6) is 11.5 Å². The van der Waals surface area contributed by atoms with Gasteiger partial charge in [-0.05, 0) is 40.5 Å². The second-order valence-corrected chi connectivity index (χ2v) is 4.21. The lowest BCUT2D eigenvalue weighted by Gasteiger charge is -2.08. The molecule has 3 heteroatoms. The third-order valence-electron chi connectivity index (χ3n) is 2.14. The van der Waals surface area contributed by atoms with Crippen molar-refractivity contribution in [3.63, 3.8) is 0 Å². The molecule has 0 N–H and O–H groups in total. The summed E-state index contributed by atoms with van der Waals surface area (Å²) in [6.45, 7) is 2.96. The molecule has 0 aliphatic rings. The van der Waals surface area contributed by atoms with Crippen molar-refractivity contribution in [1.29, 1.82) is 0 Å². The molecule has 0 aromatic heterocycles. The van der Waals surface area contributed by atoms with Crippen LogP contribution in [0, 0.1) is 0 Å². The van der Waals surface area contributed by atoms with Crippen molar-refractivity contribution < 1.29 is 9.47 Å². The van der Waals surface area contributed by atoms with E-state index in [0.29, 0.717) is 0 Å². The summed E-state index contributed by atoms with van der Waals surface area (Å²) in [5.74, 6) is 1.72. The molecule has 0 atom stereocenters. The van der Waals surface area contributed by atoms with Crippen LogP contribution in [0.25, 0.3) is 0 Å². The van der Waals surface area contributed by atoms with Gasteiger partial charge in [-0.1, -0.05) is 19.8 Å². The molecule has 1 aromatic carbocycles. The monoisotopic (exact) mass is 272 g/mol. The maximum absolute atomic E-state index is 5.64. The first-order chi connectivity index (χ1) is 7.27. The Kier molecular flexibility index (Phi) is 5.54. The number of benzene rings is 1. The van der Waals surface area contributed by atoms with Gasteiger partial charge in [0.05, 0.1) is 18.2 Å².